The van der Waals surface area contributed by atoms with E-state index in [9.17, 15) is 14.7 Å². The van der Waals surface area contributed by atoms with Gasteiger partial charge in [-0.15, -0.1) is 0 Å². The molecule has 1 aromatic heterocycles. The maximum Gasteiger partial charge on any atom is 0.343 e. The standard InChI is InChI=1S/C22H24N2O4/c1-13-10-16(11-14(2)19(13)21(25)26)22(27)28-18-7-5-6-17-20(18)15(12-23-17)8-9-24(3)4/h5-7,10-12,23H,8-9H2,1-4H3,(H,25,26). The first kappa shape index (κ1) is 19.6. The van der Waals surface area contributed by atoms with Gasteiger partial charge in [0.25, 0.3) is 0 Å². The molecule has 6 nitrogen and oxygen atoms in total. The predicted octanol–water partition coefficient (Wildman–Crippen LogP) is 3.81. The zero-order valence-corrected chi connectivity index (χ0v) is 16.5. The SMILES string of the molecule is Cc1cc(C(=O)Oc2cccc3[nH]cc(CCN(C)C)c23)cc(C)c1C(=O)O. The zero-order valence-electron chi connectivity index (χ0n) is 16.5. The number of carbonyl (C=O) groups excluding carboxylic acids is 1. The smallest absolute Gasteiger partial charge is 0.343 e. The number of esters is 1. The van der Waals surface area contributed by atoms with Gasteiger partial charge in [0, 0.05) is 23.6 Å². The Morgan fingerprint density at radius 1 is 1.14 bits per heavy atom. The fraction of sp³-hybridized carbons (Fsp3) is 0.273. The number of benzene rings is 2. The predicted molar refractivity (Wildman–Crippen MR) is 108 cm³/mol. The van der Waals surface area contributed by atoms with E-state index in [4.69, 9.17) is 4.74 Å². The van der Waals surface area contributed by atoms with Crippen molar-refractivity contribution >= 4 is 22.8 Å². The third-order valence-electron chi connectivity index (χ3n) is 4.76. The van der Waals surface area contributed by atoms with Gasteiger partial charge in [0.2, 0.25) is 0 Å². The van der Waals surface area contributed by atoms with Crippen molar-refractivity contribution in [3.8, 4) is 5.75 Å². The summed E-state index contributed by atoms with van der Waals surface area (Å²) in [6.07, 6.45) is 2.77. The molecule has 0 fully saturated rings. The third kappa shape index (κ3) is 3.92. The van der Waals surface area contributed by atoms with E-state index in [0.717, 1.165) is 29.4 Å². The van der Waals surface area contributed by atoms with Crippen LogP contribution < -0.4 is 4.74 Å². The zero-order chi connectivity index (χ0) is 20.4. The summed E-state index contributed by atoms with van der Waals surface area (Å²) < 4.78 is 5.71. The van der Waals surface area contributed by atoms with Gasteiger partial charge in [-0.25, -0.2) is 9.59 Å². The summed E-state index contributed by atoms with van der Waals surface area (Å²) in [5.74, 6) is -1.01. The Morgan fingerprint density at radius 2 is 1.82 bits per heavy atom. The Labute approximate surface area is 163 Å². The van der Waals surface area contributed by atoms with Crippen molar-refractivity contribution in [2.75, 3.05) is 20.6 Å². The van der Waals surface area contributed by atoms with E-state index in [0.29, 0.717) is 22.4 Å². The molecule has 2 N–H and O–H groups in total. The lowest BCUT2D eigenvalue weighted by Gasteiger charge is -2.12. The number of nitrogens with zero attached hydrogens (tertiary/aromatic N) is 1. The number of nitrogens with one attached hydrogen (secondary N) is 1. The monoisotopic (exact) mass is 380 g/mol. The van der Waals surface area contributed by atoms with Crippen molar-refractivity contribution in [2.45, 2.75) is 20.3 Å². The van der Waals surface area contributed by atoms with Crippen LogP contribution in [-0.2, 0) is 6.42 Å². The van der Waals surface area contributed by atoms with E-state index in [-0.39, 0.29) is 5.56 Å². The second-order valence-corrected chi connectivity index (χ2v) is 7.23. The quantitative estimate of drug-likeness (QED) is 0.502. The molecular formula is C22H24N2O4. The summed E-state index contributed by atoms with van der Waals surface area (Å²) >= 11 is 0. The van der Waals surface area contributed by atoms with Gasteiger partial charge in [-0.2, -0.15) is 0 Å². The number of ether oxygens (including phenoxy) is 1. The molecule has 0 aliphatic carbocycles. The number of hydrogen-bond donors (Lipinski definition) is 2. The Balaban J connectivity index is 1.93. The number of hydrogen-bond acceptors (Lipinski definition) is 4. The number of rotatable bonds is 6. The highest BCUT2D eigenvalue weighted by molar-refractivity contribution is 5.98. The molecular weight excluding hydrogens is 356 g/mol. The molecule has 0 atom stereocenters. The van der Waals surface area contributed by atoms with Crippen LogP contribution in [0.3, 0.4) is 0 Å². The highest BCUT2D eigenvalue weighted by atomic mass is 16.5. The van der Waals surface area contributed by atoms with Crippen molar-refractivity contribution in [3.05, 3.63) is 64.3 Å². The normalized spacial score (nSPS) is 11.2. The fourth-order valence-electron chi connectivity index (χ4n) is 3.42. The first-order valence-corrected chi connectivity index (χ1v) is 9.08. The van der Waals surface area contributed by atoms with E-state index in [1.165, 1.54) is 0 Å². The molecule has 2 aromatic carbocycles. The number of carbonyl (C=O) groups is 2. The minimum atomic E-state index is -1.00. The molecule has 3 aromatic rings. The van der Waals surface area contributed by atoms with E-state index >= 15 is 0 Å². The molecule has 0 radical (unpaired) electrons. The number of carboxylic acid groups (broad SMARTS) is 1. The third-order valence-corrected chi connectivity index (χ3v) is 4.76. The number of fused-ring (bicyclic) bond motifs is 1. The number of H-pyrrole nitrogens is 1. The lowest BCUT2D eigenvalue weighted by Crippen LogP contribution is -2.15. The molecule has 0 aliphatic heterocycles. The average Bonchev–Trinajstić information content (AvgIpc) is 3.03. The van der Waals surface area contributed by atoms with Gasteiger partial charge in [0.15, 0.2) is 0 Å². The maximum atomic E-state index is 12.8. The van der Waals surface area contributed by atoms with Crippen molar-refractivity contribution < 1.29 is 19.4 Å². The largest absolute Gasteiger partial charge is 0.478 e. The number of aromatic nitrogens is 1. The molecule has 6 heteroatoms. The summed E-state index contributed by atoms with van der Waals surface area (Å²) in [5.41, 5.74) is 3.61. The van der Waals surface area contributed by atoms with Gasteiger partial charge in [-0.05, 0) is 75.3 Å². The molecule has 146 valence electrons. The lowest BCUT2D eigenvalue weighted by atomic mass is 9.99. The first-order chi connectivity index (χ1) is 13.3. The van der Waals surface area contributed by atoms with Crippen LogP contribution in [0.4, 0.5) is 0 Å². The van der Waals surface area contributed by atoms with Gasteiger partial charge in [0.1, 0.15) is 5.75 Å². The van der Waals surface area contributed by atoms with Crippen LogP contribution in [0.5, 0.6) is 5.75 Å². The van der Waals surface area contributed by atoms with Gasteiger partial charge < -0.3 is 19.7 Å². The molecule has 0 bridgehead atoms. The van der Waals surface area contributed by atoms with Gasteiger partial charge >= 0.3 is 11.9 Å². The Hall–Kier alpha value is -3.12. The van der Waals surface area contributed by atoms with Crippen molar-refractivity contribution in [2.24, 2.45) is 0 Å². The summed E-state index contributed by atoms with van der Waals surface area (Å²) in [4.78, 5) is 29.4. The second kappa shape index (κ2) is 7.86. The van der Waals surface area contributed by atoms with Crippen LogP contribution in [0.15, 0.2) is 36.5 Å². The van der Waals surface area contributed by atoms with Gasteiger partial charge in [-0.1, -0.05) is 6.07 Å². The molecule has 0 amide bonds. The van der Waals surface area contributed by atoms with E-state index in [2.05, 4.69) is 9.88 Å². The Kier molecular flexibility index (Phi) is 5.51. The van der Waals surface area contributed by atoms with Gasteiger partial charge in [-0.3, -0.25) is 0 Å². The minimum Gasteiger partial charge on any atom is -0.478 e. The number of aromatic amines is 1. The number of aryl methyl sites for hydroxylation is 2. The molecule has 28 heavy (non-hydrogen) atoms. The highest BCUT2D eigenvalue weighted by Crippen LogP contribution is 2.30. The van der Waals surface area contributed by atoms with Crippen molar-refractivity contribution in [1.82, 2.24) is 9.88 Å². The molecule has 0 spiro atoms. The number of carboxylic acids is 1. The van der Waals surface area contributed by atoms with Crippen LogP contribution in [0.2, 0.25) is 0 Å². The van der Waals surface area contributed by atoms with E-state index < -0.39 is 11.9 Å². The molecule has 0 saturated heterocycles. The molecule has 3 rings (SSSR count). The lowest BCUT2D eigenvalue weighted by molar-refractivity contribution is 0.0690. The van der Waals surface area contributed by atoms with Crippen LogP contribution in [0.25, 0.3) is 10.9 Å². The topological polar surface area (TPSA) is 82.6 Å². The minimum absolute atomic E-state index is 0.218. The Bertz CT molecular complexity index is 1030. The van der Waals surface area contributed by atoms with E-state index in [1.807, 2.05) is 32.4 Å². The van der Waals surface area contributed by atoms with Crippen LogP contribution >= 0.6 is 0 Å². The summed E-state index contributed by atoms with van der Waals surface area (Å²) in [6.45, 7) is 4.24. The first-order valence-electron chi connectivity index (χ1n) is 9.08. The Morgan fingerprint density at radius 3 is 2.43 bits per heavy atom. The van der Waals surface area contributed by atoms with E-state index in [1.54, 1.807) is 32.0 Å². The van der Waals surface area contributed by atoms with Gasteiger partial charge in [0.05, 0.1) is 11.1 Å². The average molecular weight is 380 g/mol. The number of aromatic carboxylic acids is 1. The van der Waals surface area contributed by atoms with Crippen LogP contribution in [0, 0.1) is 13.8 Å². The summed E-state index contributed by atoms with van der Waals surface area (Å²) in [6, 6.07) is 8.67. The van der Waals surface area contributed by atoms with Crippen molar-refractivity contribution in [1.29, 1.82) is 0 Å². The molecule has 0 aliphatic rings. The second-order valence-electron chi connectivity index (χ2n) is 7.23. The van der Waals surface area contributed by atoms with Crippen LogP contribution in [0.1, 0.15) is 37.4 Å². The van der Waals surface area contributed by atoms with Crippen LogP contribution in [-0.4, -0.2) is 47.6 Å². The van der Waals surface area contributed by atoms with Crippen molar-refractivity contribution in [3.63, 3.8) is 0 Å². The molecule has 0 saturated carbocycles. The fourth-order valence-corrected chi connectivity index (χ4v) is 3.42. The summed E-state index contributed by atoms with van der Waals surface area (Å²) in [5, 5.41) is 10.2. The molecule has 1 heterocycles. The summed E-state index contributed by atoms with van der Waals surface area (Å²) in [7, 11) is 4.03. The molecule has 0 unspecified atom stereocenters. The number of likely N-dealkylation sites (N-methyl/N-ethyl adjacent to an activating group) is 1. The highest BCUT2D eigenvalue weighted by Gasteiger charge is 2.18. The maximum absolute atomic E-state index is 12.8.